The van der Waals surface area contributed by atoms with Crippen molar-refractivity contribution in [1.29, 1.82) is 0 Å². The Labute approximate surface area is 230 Å². The number of aliphatic hydroxyl groups excluding tert-OH is 3. The highest BCUT2D eigenvalue weighted by atomic mass is 127. The fourth-order valence-corrected chi connectivity index (χ4v) is 5.72. The molecular formula is C26H35IN2O8. The zero-order chi connectivity index (χ0) is 27.1. The summed E-state index contributed by atoms with van der Waals surface area (Å²) in [4.78, 5) is 40.2. The molecule has 10 nitrogen and oxygen atoms in total. The van der Waals surface area contributed by atoms with E-state index in [1.165, 1.54) is 18.1 Å². The van der Waals surface area contributed by atoms with Crippen molar-refractivity contribution in [2.24, 2.45) is 0 Å². The predicted molar refractivity (Wildman–Crippen MR) is 143 cm³/mol. The number of ether oxygens (including phenoxy) is 2. The average molecular weight is 630 g/mol. The largest absolute Gasteiger partial charge is 0.493 e. The third-order valence-electron chi connectivity index (χ3n) is 6.81. The number of hydrogen-bond donors (Lipinski definition) is 4. The first-order valence-corrected chi connectivity index (χ1v) is 13.6. The number of benzene rings is 1. The zero-order valence-electron chi connectivity index (χ0n) is 21.1. The molecule has 0 spiro atoms. The molecule has 1 fully saturated rings. The molecule has 204 valence electrons. The maximum Gasteiger partial charge on any atom is 0.290 e. The molecule has 3 rings (SSSR count). The van der Waals surface area contributed by atoms with E-state index in [1.54, 1.807) is 19.1 Å². The van der Waals surface area contributed by atoms with Crippen LogP contribution in [0.3, 0.4) is 0 Å². The van der Waals surface area contributed by atoms with Gasteiger partial charge in [-0.3, -0.25) is 14.4 Å². The number of rotatable bonds is 11. The third kappa shape index (κ3) is 6.81. The number of nitrogens with zero attached hydrogens (tertiary/aromatic N) is 1. The summed E-state index contributed by atoms with van der Waals surface area (Å²) >= 11 is 2.04. The van der Waals surface area contributed by atoms with Gasteiger partial charge in [-0.05, 0) is 59.2 Å². The number of ketones is 1. The molecule has 2 aliphatic rings. The summed E-state index contributed by atoms with van der Waals surface area (Å²) in [5.41, 5.74) is 0.904. The van der Waals surface area contributed by atoms with Crippen molar-refractivity contribution in [3.05, 3.63) is 32.9 Å². The van der Waals surface area contributed by atoms with E-state index in [0.717, 1.165) is 12.8 Å². The minimum absolute atomic E-state index is 0.0369. The molecule has 0 heterocycles. The monoisotopic (exact) mass is 630 g/mol. The molecule has 1 aromatic carbocycles. The summed E-state index contributed by atoms with van der Waals surface area (Å²) in [7, 11) is 1.46. The minimum Gasteiger partial charge on any atom is -0.493 e. The number of amides is 2. The fraction of sp³-hybridized carbons (Fsp3) is 0.577. The Morgan fingerprint density at radius 1 is 1.19 bits per heavy atom. The number of Topliss-reactive ketones (excluding diaryl/α,β-unsaturated/α-hetero) is 1. The van der Waals surface area contributed by atoms with Crippen LogP contribution in [-0.2, 0) is 21.0 Å². The number of aliphatic hydroxyl groups is 3. The number of hydrogen-bond acceptors (Lipinski definition) is 8. The molecule has 3 unspecified atom stereocenters. The quantitative estimate of drug-likeness (QED) is 0.213. The van der Waals surface area contributed by atoms with Crippen LogP contribution in [0.25, 0.3) is 0 Å². The average Bonchev–Trinajstić information content (AvgIpc) is 3.43. The van der Waals surface area contributed by atoms with Crippen LogP contribution >= 0.6 is 22.6 Å². The van der Waals surface area contributed by atoms with Gasteiger partial charge in [0, 0.05) is 31.0 Å². The van der Waals surface area contributed by atoms with Gasteiger partial charge >= 0.3 is 0 Å². The van der Waals surface area contributed by atoms with Gasteiger partial charge in [-0.2, -0.15) is 0 Å². The van der Waals surface area contributed by atoms with Gasteiger partial charge < -0.3 is 35.0 Å². The Kier molecular flexibility index (Phi) is 10.7. The number of carbonyl (C=O) groups is 3. The standard InChI is InChI=1S/C26H35IN2O8/c1-3-20(32)26(35)29(17-6-4-5-7-17)19-12-16(25(34)28-8-9-30)13-21(23(19)33)37-24-18(27)10-15(14-31)11-22(24)36-2/h10-11,13,17,19,21,23,30-31,33H,3-9,12,14H2,1-2H3,(H,28,34). The summed E-state index contributed by atoms with van der Waals surface area (Å²) < 4.78 is 12.3. The van der Waals surface area contributed by atoms with E-state index >= 15 is 0 Å². The van der Waals surface area contributed by atoms with Crippen LogP contribution in [0.15, 0.2) is 23.8 Å². The maximum absolute atomic E-state index is 13.3. The number of nitrogens with one attached hydrogen (secondary N) is 1. The van der Waals surface area contributed by atoms with Crippen LogP contribution in [0, 0.1) is 3.57 Å². The fourth-order valence-electron chi connectivity index (χ4n) is 4.93. The molecule has 0 aliphatic heterocycles. The number of methoxy groups -OCH3 is 1. The van der Waals surface area contributed by atoms with Crippen LogP contribution in [0.2, 0.25) is 0 Å². The van der Waals surface area contributed by atoms with Gasteiger partial charge in [0.05, 0.1) is 29.9 Å². The molecule has 0 radical (unpaired) electrons. The molecule has 1 saturated carbocycles. The summed E-state index contributed by atoms with van der Waals surface area (Å²) in [6.07, 6.45) is 2.55. The zero-order valence-corrected chi connectivity index (χ0v) is 23.3. The second kappa shape index (κ2) is 13.5. The van der Waals surface area contributed by atoms with Crippen LogP contribution < -0.4 is 14.8 Å². The van der Waals surface area contributed by atoms with Crippen molar-refractivity contribution >= 4 is 40.2 Å². The highest BCUT2D eigenvalue weighted by Gasteiger charge is 2.44. The minimum atomic E-state index is -1.23. The second-order valence-electron chi connectivity index (χ2n) is 9.21. The highest BCUT2D eigenvalue weighted by molar-refractivity contribution is 14.1. The van der Waals surface area contributed by atoms with E-state index in [9.17, 15) is 24.6 Å². The Hall–Kier alpha value is -2.22. The Morgan fingerprint density at radius 2 is 1.89 bits per heavy atom. The van der Waals surface area contributed by atoms with Crippen molar-refractivity contribution < 1.29 is 39.2 Å². The van der Waals surface area contributed by atoms with Gasteiger partial charge in [0.2, 0.25) is 11.7 Å². The summed E-state index contributed by atoms with van der Waals surface area (Å²) in [5.74, 6) is -0.992. The van der Waals surface area contributed by atoms with E-state index in [4.69, 9.17) is 14.6 Å². The predicted octanol–water partition coefficient (Wildman–Crippen LogP) is 1.46. The lowest BCUT2D eigenvalue weighted by atomic mass is 9.87. The Morgan fingerprint density at radius 3 is 2.49 bits per heavy atom. The molecule has 4 N–H and O–H groups in total. The number of carbonyl (C=O) groups excluding carboxylic acids is 3. The molecule has 11 heteroatoms. The van der Waals surface area contributed by atoms with Crippen LogP contribution in [-0.4, -0.2) is 82.4 Å². The first-order chi connectivity index (χ1) is 17.7. The van der Waals surface area contributed by atoms with Gasteiger partial charge in [-0.25, -0.2) is 0 Å². The van der Waals surface area contributed by atoms with Crippen LogP contribution in [0.1, 0.15) is 51.0 Å². The lowest BCUT2D eigenvalue weighted by Crippen LogP contribution is -2.59. The van der Waals surface area contributed by atoms with Crippen molar-refractivity contribution in [1.82, 2.24) is 10.2 Å². The summed E-state index contributed by atoms with van der Waals surface area (Å²) in [6, 6.07) is 2.26. The van der Waals surface area contributed by atoms with Crippen LogP contribution in [0.4, 0.5) is 0 Å². The second-order valence-corrected chi connectivity index (χ2v) is 10.4. The molecule has 2 amide bonds. The molecule has 37 heavy (non-hydrogen) atoms. The van der Waals surface area contributed by atoms with Gasteiger partial charge in [0.1, 0.15) is 12.2 Å². The van der Waals surface area contributed by atoms with Crippen molar-refractivity contribution in [2.75, 3.05) is 20.3 Å². The maximum atomic E-state index is 13.3. The van der Waals surface area contributed by atoms with Gasteiger partial charge in [-0.1, -0.05) is 19.8 Å². The Bertz CT molecular complexity index is 1020. The van der Waals surface area contributed by atoms with E-state index in [0.29, 0.717) is 33.5 Å². The van der Waals surface area contributed by atoms with E-state index in [-0.39, 0.29) is 44.2 Å². The van der Waals surface area contributed by atoms with Crippen molar-refractivity contribution in [2.45, 2.75) is 76.3 Å². The Balaban J connectivity index is 2.03. The van der Waals surface area contributed by atoms with E-state index in [1.807, 2.05) is 22.6 Å². The normalized spacial score (nSPS) is 21.8. The molecule has 1 aromatic rings. The smallest absolute Gasteiger partial charge is 0.290 e. The molecule has 0 bridgehead atoms. The topological polar surface area (TPSA) is 146 Å². The molecule has 0 saturated heterocycles. The number of halogens is 1. The first-order valence-electron chi connectivity index (χ1n) is 12.5. The molecule has 0 aromatic heterocycles. The first kappa shape index (κ1) is 29.3. The van der Waals surface area contributed by atoms with Gasteiger partial charge in [-0.15, -0.1) is 0 Å². The SMILES string of the molecule is CCC(=O)C(=O)N(C1CCCC1)C1CC(C(=O)NCCO)=CC(Oc2c(I)cc(CO)cc2OC)C1O. The molecule has 3 atom stereocenters. The van der Waals surface area contributed by atoms with Gasteiger partial charge in [0.15, 0.2) is 11.5 Å². The molecule has 2 aliphatic carbocycles. The van der Waals surface area contributed by atoms with Gasteiger partial charge in [0.25, 0.3) is 5.91 Å². The van der Waals surface area contributed by atoms with Crippen LogP contribution in [0.5, 0.6) is 11.5 Å². The van der Waals surface area contributed by atoms with Crippen molar-refractivity contribution in [3.63, 3.8) is 0 Å². The highest BCUT2D eigenvalue weighted by Crippen LogP contribution is 2.38. The van der Waals surface area contributed by atoms with E-state index < -0.39 is 35.8 Å². The third-order valence-corrected chi connectivity index (χ3v) is 7.61. The van der Waals surface area contributed by atoms with Crippen molar-refractivity contribution in [3.8, 4) is 11.5 Å². The summed E-state index contributed by atoms with van der Waals surface area (Å²) in [5, 5.41) is 32.8. The summed E-state index contributed by atoms with van der Waals surface area (Å²) in [6.45, 7) is 1.23. The molecular weight excluding hydrogens is 595 g/mol. The lowest BCUT2D eigenvalue weighted by Gasteiger charge is -2.43. The lowest BCUT2D eigenvalue weighted by molar-refractivity contribution is -0.151. The van der Waals surface area contributed by atoms with E-state index in [2.05, 4.69) is 5.32 Å².